The Morgan fingerprint density at radius 2 is 1.68 bits per heavy atom. The number of ether oxygens (including phenoxy) is 1. The molecule has 0 bridgehead atoms. The Labute approximate surface area is 245 Å². The second-order valence-electron chi connectivity index (χ2n) is 11.8. The molecule has 1 N–H and O–H groups in total. The van der Waals surface area contributed by atoms with E-state index in [4.69, 9.17) is 20.8 Å². The van der Waals surface area contributed by atoms with Gasteiger partial charge < -0.3 is 14.5 Å². The van der Waals surface area contributed by atoms with Crippen LogP contribution in [0.2, 0.25) is 5.02 Å². The van der Waals surface area contributed by atoms with Gasteiger partial charge in [0.1, 0.15) is 10.8 Å². The van der Waals surface area contributed by atoms with Gasteiger partial charge in [0.25, 0.3) is 5.91 Å². The lowest BCUT2D eigenvalue weighted by Gasteiger charge is -2.42. The zero-order valence-corrected chi connectivity index (χ0v) is 25.4. The fourth-order valence-corrected chi connectivity index (χ4v) is 6.23. The molecular weight excluding hydrogens is 540 g/mol. The summed E-state index contributed by atoms with van der Waals surface area (Å²) in [4.78, 5) is 18.7. The number of nitrogens with zero attached hydrogens (tertiary/aromatic N) is 1. The summed E-state index contributed by atoms with van der Waals surface area (Å²) < 4.78 is 11.4. The van der Waals surface area contributed by atoms with Crippen molar-refractivity contribution in [3.8, 4) is 5.88 Å². The van der Waals surface area contributed by atoms with E-state index >= 15 is 0 Å². The van der Waals surface area contributed by atoms with Crippen molar-refractivity contribution in [3.05, 3.63) is 99.5 Å². The highest BCUT2D eigenvalue weighted by Gasteiger charge is 2.37. The van der Waals surface area contributed by atoms with Crippen molar-refractivity contribution in [3.63, 3.8) is 0 Å². The van der Waals surface area contributed by atoms with Gasteiger partial charge in [0.2, 0.25) is 5.88 Å². The zero-order chi connectivity index (χ0) is 28.7. The monoisotopic (exact) mass is 574 g/mol. The van der Waals surface area contributed by atoms with E-state index in [-0.39, 0.29) is 22.5 Å². The van der Waals surface area contributed by atoms with E-state index in [1.54, 1.807) is 25.3 Å². The summed E-state index contributed by atoms with van der Waals surface area (Å²) in [6.07, 6.45) is 2.98. The van der Waals surface area contributed by atoms with Gasteiger partial charge in [0.15, 0.2) is 5.76 Å². The maximum Gasteiger partial charge on any atom is 0.291 e. The molecule has 0 radical (unpaired) electrons. The Morgan fingerprint density at radius 1 is 1.00 bits per heavy atom. The number of aryl methyl sites for hydroxylation is 1. The van der Waals surface area contributed by atoms with Gasteiger partial charge in [-0.3, -0.25) is 4.79 Å². The maximum absolute atomic E-state index is 13.2. The van der Waals surface area contributed by atoms with Gasteiger partial charge >= 0.3 is 0 Å². The summed E-state index contributed by atoms with van der Waals surface area (Å²) in [6, 6.07) is 19.3. The highest BCUT2D eigenvalue weighted by Crippen LogP contribution is 2.46. The normalized spacial score (nSPS) is 15.4. The van der Waals surface area contributed by atoms with Crippen LogP contribution in [0.5, 0.6) is 5.88 Å². The number of anilines is 1. The van der Waals surface area contributed by atoms with E-state index in [1.165, 1.54) is 46.9 Å². The highest BCUT2D eigenvalue weighted by molar-refractivity contribution is 7.99. The molecule has 2 aromatic carbocycles. The van der Waals surface area contributed by atoms with E-state index < -0.39 is 0 Å². The molecule has 40 heavy (non-hydrogen) atoms. The van der Waals surface area contributed by atoms with Crippen LogP contribution >= 0.6 is 23.4 Å². The Kier molecular flexibility index (Phi) is 7.77. The molecule has 0 atom stereocenters. The van der Waals surface area contributed by atoms with Crippen LogP contribution in [0.25, 0.3) is 0 Å². The second-order valence-corrected chi connectivity index (χ2v) is 13.2. The van der Waals surface area contributed by atoms with Crippen LogP contribution in [0.1, 0.15) is 79.1 Å². The standard InChI is InChI=1S/C33H35ClN2O3S/c1-20-17-25-26(33(4,5)16-15-32(25,2)3)19-21(20)18-23-9-13-28(39-23)30(37)35-27-12-14-29(38-6)36-31(27)40-24-10-7-22(34)8-11-24/h7-14,17,19H,15-16,18H2,1-6H3,(H,35,37). The number of pyridine rings is 1. The Balaban J connectivity index is 1.35. The SMILES string of the molecule is COc1ccc(NC(=O)c2ccc(Cc3cc4c(cc3C)C(C)(C)CCC4(C)C)o2)c(Sc2ccc(Cl)cc2)n1. The molecule has 1 amide bonds. The summed E-state index contributed by atoms with van der Waals surface area (Å²) in [7, 11) is 1.56. The average Bonchev–Trinajstić information content (AvgIpc) is 3.39. The number of benzene rings is 2. The van der Waals surface area contributed by atoms with Gasteiger partial charge in [-0.2, -0.15) is 0 Å². The molecule has 1 aliphatic rings. The van der Waals surface area contributed by atoms with Crippen LogP contribution in [-0.4, -0.2) is 18.0 Å². The van der Waals surface area contributed by atoms with Crippen molar-refractivity contribution in [1.29, 1.82) is 0 Å². The predicted molar refractivity (Wildman–Crippen MR) is 162 cm³/mol. The Morgan fingerprint density at radius 3 is 2.35 bits per heavy atom. The van der Waals surface area contributed by atoms with E-state index in [0.29, 0.717) is 28.0 Å². The lowest BCUT2D eigenvalue weighted by Crippen LogP contribution is -2.34. The molecule has 1 aliphatic carbocycles. The predicted octanol–water partition coefficient (Wildman–Crippen LogP) is 8.99. The number of fused-ring (bicyclic) bond motifs is 1. The molecule has 2 heterocycles. The first kappa shape index (κ1) is 28.3. The topological polar surface area (TPSA) is 64.4 Å². The molecule has 4 aromatic rings. The van der Waals surface area contributed by atoms with Gasteiger partial charge in [-0.05, 0) is 95.3 Å². The minimum Gasteiger partial charge on any atom is -0.481 e. The van der Waals surface area contributed by atoms with Gasteiger partial charge in [0.05, 0.1) is 12.8 Å². The van der Waals surface area contributed by atoms with Crippen molar-refractivity contribution in [1.82, 2.24) is 4.98 Å². The number of hydrogen-bond acceptors (Lipinski definition) is 5. The van der Waals surface area contributed by atoms with E-state index in [9.17, 15) is 4.79 Å². The first-order valence-corrected chi connectivity index (χ1v) is 14.7. The quantitative estimate of drug-likeness (QED) is 0.238. The number of carbonyl (C=O) groups is 1. The molecular formula is C33H35ClN2O3S. The number of nitrogens with one attached hydrogen (secondary N) is 1. The molecule has 0 saturated heterocycles. The summed E-state index contributed by atoms with van der Waals surface area (Å²) in [5, 5.41) is 4.23. The third-order valence-electron chi connectivity index (χ3n) is 7.88. The van der Waals surface area contributed by atoms with Crippen molar-refractivity contribution in [2.45, 2.75) is 74.6 Å². The summed E-state index contributed by atoms with van der Waals surface area (Å²) in [6.45, 7) is 11.5. The summed E-state index contributed by atoms with van der Waals surface area (Å²) in [5.41, 5.74) is 6.23. The fraction of sp³-hybridized carbons (Fsp3) is 0.333. The number of hydrogen-bond donors (Lipinski definition) is 1. The van der Waals surface area contributed by atoms with Crippen LogP contribution < -0.4 is 10.1 Å². The second kappa shape index (κ2) is 11.0. The lowest BCUT2D eigenvalue weighted by molar-refractivity contribution is 0.0994. The molecule has 0 unspecified atom stereocenters. The number of carbonyl (C=O) groups excluding carboxylic acids is 1. The van der Waals surface area contributed by atoms with Gasteiger partial charge in [-0.25, -0.2) is 4.98 Å². The molecule has 7 heteroatoms. The first-order chi connectivity index (χ1) is 18.9. The van der Waals surface area contributed by atoms with Crippen molar-refractivity contribution < 1.29 is 13.9 Å². The summed E-state index contributed by atoms with van der Waals surface area (Å²) >= 11 is 7.45. The van der Waals surface area contributed by atoms with Crippen molar-refractivity contribution >= 4 is 35.0 Å². The molecule has 0 saturated carbocycles. The number of methoxy groups -OCH3 is 1. The minimum absolute atomic E-state index is 0.135. The number of aromatic nitrogens is 1. The lowest BCUT2D eigenvalue weighted by atomic mass is 9.62. The molecule has 0 aliphatic heterocycles. The average molecular weight is 575 g/mol. The van der Waals surface area contributed by atoms with Crippen LogP contribution in [0, 0.1) is 6.92 Å². The zero-order valence-electron chi connectivity index (χ0n) is 23.9. The van der Waals surface area contributed by atoms with Crippen LogP contribution in [-0.2, 0) is 17.3 Å². The molecule has 0 spiro atoms. The largest absolute Gasteiger partial charge is 0.481 e. The third-order valence-corrected chi connectivity index (χ3v) is 9.14. The van der Waals surface area contributed by atoms with Gasteiger partial charge in [0, 0.05) is 22.4 Å². The van der Waals surface area contributed by atoms with Crippen molar-refractivity contribution in [2.75, 3.05) is 12.4 Å². The molecule has 208 valence electrons. The molecule has 2 aromatic heterocycles. The molecule has 5 nitrogen and oxygen atoms in total. The van der Waals surface area contributed by atoms with Crippen LogP contribution in [0.4, 0.5) is 5.69 Å². The van der Waals surface area contributed by atoms with Gasteiger partial charge in [-0.1, -0.05) is 63.2 Å². The Hall–Kier alpha value is -3.22. The third kappa shape index (κ3) is 5.93. The summed E-state index contributed by atoms with van der Waals surface area (Å²) in [5.74, 6) is 1.14. The number of amides is 1. The van der Waals surface area contributed by atoms with E-state index in [0.717, 1.165) is 10.7 Å². The molecule has 5 rings (SSSR count). The van der Waals surface area contributed by atoms with Crippen LogP contribution in [0.3, 0.4) is 0 Å². The van der Waals surface area contributed by atoms with E-state index in [2.05, 4.69) is 57.1 Å². The maximum atomic E-state index is 13.2. The smallest absolute Gasteiger partial charge is 0.291 e. The van der Waals surface area contributed by atoms with Crippen LogP contribution in [0.15, 0.2) is 75.0 Å². The molecule has 0 fully saturated rings. The number of halogens is 1. The fourth-order valence-electron chi connectivity index (χ4n) is 5.25. The highest BCUT2D eigenvalue weighted by atomic mass is 35.5. The Bertz CT molecular complexity index is 1560. The van der Waals surface area contributed by atoms with E-state index in [1.807, 2.05) is 30.3 Å². The number of rotatable bonds is 7. The first-order valence-electron chi connectivity index (χ1n) is 13.5. The minimum atomic E-state index is -0.332. The van der Waals surface area contributed by atoms with Crippen molar-refractivity contribution in [2.24, 2.45) is 0 Å². The number of furan rings is 1. The van der Waals surface area contributed by atoms with Gasteiger partial charge in [-0.15, -0.1) is 0 Å².